The molecule has 4 N–H and O–H groups in total. The Hall–Kier alpha value is -4.51. The molecule has 0 heterocycles. The molecule has 0 aliphatic rings. The van der Waals surface area contributed by atoms with Gasteiger partial charge in [-0.05, 0) is 60.9 Å². The number of amidine groups is 1. The molecule has 3 aromatic rings. The summed E-state index contributed by atoms with van der Waals surface area (Å²) in [6.07, 6.45) is 1.20. The third kappa shape index (κ3) is 6.83. The molecular formula is C27H28N4O6S. The lowest BCUT2D eigenvalue weighted by atomic mass is 9.97. The molecule has 0 spiro atoms. The van der Waals surface area contributed by atoms with Crippen molar-refractivity contribution in [2.75, 3.05) is 11.6 Å². The monoisotopic (exact) mass is 536 g/mol. The number of benzene rings is 3. The number of nitrogens with two attached hydrogens (primary N) is 1. The number of urea groups is 1. The van der Waals surface area contributed by atoms with Gasteiger partial charge in [-0.2, -0.15) is 8.42 Å². The topological polar surface area (TPSA) is 160 Å². The van der Waals surface area contributed by atoms with Gasteiger partial charge in [0.05, 0.1) is 11.8 Å². The molecular weight excluding hydrogens is 508 g/mol. The zero-order chi connectivity index (χ0) is 28.0. The van der Waals surface area contributed by atoms with E-state index in [1.165, 1.54) is 18.2 Å². The Morgan fingerprint density at radius 2 is 1.61 bits per heavy atom. The van der Waals surface area contributed by atoms with E-state index in [1.54, 1.807) is 61.5 Å². The number of anilines is 1. The van der Waals surface area contributed by atoms with Crippen molar-refractivity contribution in [1.82, 2.24) is 4.90 Å². The molecule has 198 valence electrons. The number of nitrogen functional groups attached to an aromatic ring is 1. The van der Waals surface area contributed by atoms with Crippen LogP contribution in [-0.2, 0) is 14.3 Å². The average Bonchev–Trinajstić information content (AvgIpc) is 2.88. The zero-order valence-electron chi connectivity index (χ0n) is 21.1. The summed E-state index contributed by atoms with van der Waals surface area (Å²) < 4.78 is 27.9. The van der Waals surface area contributed by atoms with Gasteiger partial charge >= 0.3 is 22.1 Å². The second-order valence-electron chi connectivity index (χ2n) is 8.55. The molecule has 0 aromatic heterocycles. The van der Waals surface area contributed by atoms with Crippen molar-refractivity contribution in [1.29, 1.82) is 5.41 Å². The summed E-state index contributed by atoms with van der Waals surface area (Å²) in [5.74, 6) is -1.96. The van der Waals surface area contributed by atoms with E-state index >= 15 is 0 Å². The first-order valence-corrected chi connectivity index (χ1v) is 13.4. The summed E-state index contributed by atoms with van der Waals surface area (Å²) in [5.41, 5.74) is 7.15. The molecule has 0 aliphatic heterocycles. The fourth-order valence-electron chi connectivity index (χ4n) is 3.63. The Bertz CT molecular complexity index is 1470. The molecule has 3 aromatic carbocycles. The van der Waals surface area contributed by atoms with Gasteiger partial charge in [0.15, 0.2) is 0 Å². The summed E-state index contributed by atoms with van der Waals surface area (Å²) in [6.45, 7) is 3.51. The molecule has 1 unspecified atom stereocenters. The van der Waals surface area contributed by atoms with Gasteiger partial charge in [0, 0.05) is 22.9 Å². The van der Waals surface area contributed by atoms with Crippen molar-refractivity contribution in [3.05, 3.63) is 89.5 Å². The van der Waals surface area contributed by atoms with E-state index in [0.717, 1.165) is 11.2 Å². The molecule has 0 saturated heterocycles. The first-order chi connectivity index (χ1) is 17.9. The van der Waals surface area contributed by atoms with Crippen LogP contribution in [0.1, 0.15) is 46.5 Å². The molecule has 3 rings (SSSR count). The first-order valence-electron chi connectivity index (χ1n) is 11.6. The van der Waals surface area contributed by atoms with Crippen LogP contribution in [0.4, 0.5) is 10.5 Å². The number of nitrogens with zero attached hydrogens (tertiary/aromatic N) is 1. The van der Waals surface area contributed by atoms with Gasteiger partial charge in [0.2, 0.25) is 0 Å². The van der Waals surface area contributed by atoms with Crippen molar-refractivity contribution in [3.63, 3.8) is 0 Å². The van der Waals surface area contributed by atoms with Crippen LogP contribution in [-0.4, -0.2) is 49.4 Å². The third-order valence-corrected chi connectivity index (χ3v) is 6.17. The first kappa shape index (κ1) is 28.1. The number of carbonyl (C=O) groups is 3. The van der Waals surface area contributed by atoms with Gasteiger partial charge < -0.3 is 15.2 Å². The van der Waals surface area contributed by atoms with Gasteiger partial charge in [0.1, 0.15) is 5.84 Å². The molecule has 1 atom stereocenters. The highest BCUT2D eigenvalue weighted by Gasteiger charge is 2.29. The lowest BCUT2D eigenvalue weighted by molar-refractivity contribution is 0.0748. The molecule has 0 saturated carbocycles. The minimum absolute atomic E-state index is 0.00694. The Morgan fingerprint density at radius 3 is 2.16 bits per heavy atom. The number of rotatable bonds is 8. The molecule has 0 bridgehead atoms. The number of amides is 3. The minimum atomic E-state index is -4.12. The summed E-state index contributed by atoms with van der Waals surface area (Å²) in [5, 5.41) is 10.1. The van der Waals surface area contributed by atoms with Crippen LogP contribution in [0.2, 0.25) is 0 Å². The van der Waals surface area contributed by atoms with E-state index in [9.17, 15) is 22.8 Å². The standard InChI is InChI=1S/C27H28N4O6S/c1-4-17(2)31(27(34)30-21-13-10-19(11-14-21)24(28)29)25(32)20-12-15-22(18-8-6-5-7-9-18)23(16-20)26(33)37-38(3,35)36/h5-17H,4H2,1-3H3,(H3,28,29)(H,30,34). The number of carbonyl (C=O) groups excluding carboxylic acids is 3. The Labute approximate surface area is 221 Å². The maximum absolute atomic E-state index is 13.6. The van der Waals surface area contributed by atoms with Gasteiger partial charge in [-0.15, -0.1) is 0 Å². The lowest BCUT2D eigenvalue weighted by Gasteiger charge is -2.27. The zero-order valence-corrected chi connectivity index (χ0v) is 21.9. The van der Waals surface area contributed by atoms with Crippen LogP contribution < -0.4 is 11.1 Å². The summed E-state index contributed by atoms with van der Waals surface area (Å²) in [7, 11) is -4.12. The van der Waals surface area contributed by atoms with Crippen molar-refractivity contribution in [2.24, 2.45) is 5.73 Å². The molecule has 3 amide bonds. The smallest absolute Gasteiger partial charge is 0.354 e. The maximum Gasteiger partial charge on any atom is 0.354 e. The third-order valence-electron chi connectivity index (χ3n) is 5.71. The Morgan fingerprint density at radius 1 is 1.00 bits per heavy atom. The normalized spacial score (nSPS) is 11.8. The van der Waals surface area contributed by atoms with Crippen molar-refractivity contribution >= 4 is 39.5 Å². The van der Waals surface area contributed by atoms with Gasteiger partial charge in [0.25, 0.3) is 5.91 Å². The van der Waals surface area contributed by atoms with Gasteiger partial charge in [-0.3, -0.25) is 15.1 Å². The summed E-state index contributed by atoms with van der Waals surface area (Å²) in [6, 6.07) is 18.0. The van der Waals surface area contributed by atoms with Crippen LogP contribution in [0.25, 0.3) is 11.1 Å². The second-order valence-corrected chi connectivity index (χ2v) is 10.1. The number of hydrogen-bond acceptors (Lipinski definition) is 7. The van der Waals surface area contributed by atoms with E-state index in [0.29, 0.717) is 28.8 Å². The summed E-state index contributed by atoms with van der Waals surface area (Å²) >= 11 is 0. The van der Waals surface area contributed by atoms with Gasteiger partial charge in [-0.25, -0.2) is 9.59 Å². The largest absolute Gasteiger partial charge is 0.384 e. The predicted molar refractivity (Wildman–Crippen MR) is 145 cm³/mol. The SMILES string of the molecule is CCC(C)N(C(=O)Nc1ccc(C(=N)N)cc1)C(=O)c1ccc(-c2ccccc2)c(C(=O)OS(C)(=O)=O)c1. The second kappa shape index (κ2) is 11.7. The maximum atomic E-state index is 13.6. The fraction of sp³-hybridized carbons (Fsp3) is 0.185. The number of nitrogens with one attached hydrogen (secondary N) is 2. The quantitative estimate of drug-likeness (QED) is 0.221. The van der Waals surface area contributed by atoms with Crippen LogP contribution in [0.5, 0.6) is 0 Å². The van der Waals surface area contributed by atoms with Crippen molar-refractivity contribution in [3.8, 4) is 11.1 Å². The summed E-state index contributed by atoms with van der Waals surface area (Å²) in [4.78, 5) is 40.6. The minimum Gasteiger partial charge on any atom is -0.384 e. The predicted octanol–water partition coefficient (Wildman–Crippen LogP) is 4.23. The molecule has 10 nitrogen and oxygen atoms in total. The Kier molecular flexibility index (Phi) is 8.64. The number of imide groups is 1. The van der Waals surface area contributed by atoms with E-state index in [-0.39, 0.29) is 17.0 Å². The molecule has 38 heavy (non-hydrogen) atoms. The Balaban J connectivity index is 2.00. The highest BCUT2D eigenvalue weighted by Crippen LogP contribution is 2.27. The molecule has 11 heteroatoms. The highest BCUT2D eigenvalue weighted by molar-refractivity contribution is 7.86. The molecule has 0 aliphatic carbocycles. The van der Waals surface area contributed by atoms with E-state index in [4.69, 9.17) is 11.1 Å². The van der Waals surface area contributed by atoms with Crippen molar-refractivity contribution < 1.29 is 27.0 Å². The van der Waals surface area contributed by atoms with Crippen molar-refractivity contribution in [2.45, 2.75) is 26.3 Å². The fourth-order valence-corrected chi connectivity index (χ4v) is 3.99. The van der Waals surface area contributed by atoms with E-state index in [1.807, 2.05) is 6.92 Å². The molecule has 0 fully saturated rings. The van der Waals surface area contributed by atoms with Crippen LogP contribution in [0.3, 0.4) is 0 Å². The highest BCUT2D eigenvalue weighted by atomic mass is 32.2. The lowest BCUT2D eigenvalue weighted by Crippen LogP contribution is -2.45. The number of hydrogen-bond donors (Lipinski definition) is 3. The van der Waals surface area contributed by atoms with Crippen LogP contribution in [0, 0.1) is 5.41 Å². The average molecular weight is 537 g/mol. The van der Waals surface area contributed by atoms with Crippen LogP contribution in [0.15, 0.2) is 72.8 Å². The van der Waals surface area contributed by atoms with E-state index < -0.39 is 34.1 Å². The molecule has 0 radical (unpaired) electrons. The van der Waals surface area contributed by atoms with Gasteiger partial charge in [-0.1, -0.05) is 43.3 Å². The van der Waals surface area contributed by atoms with E-state index in [2.05, 4.69) is 9.50 Å². The van der Waals surface area contributed by atoms with Crippen LogP contribution >= 0.6 is 0 Å².